The zero-order valence-electron chi connectivity index (χ0n) is 14.3. The molecule has 1 amide bonds. The Morgan fingerprint density at radius 1 is 1.32 bits per heavy atom. The number of carbonyl (C=O) groups excluding carboxylic acids is 1. The van der Waals surface area contributed by atoms with Crippen LogP contribution in [0.25, 0.3) is 0 Å². The molecule has 0 saturated heterocycles. The molecule has 0 aliphatic carbocycles. The fraction of sp³-hybridized carbons (Fsp3) is 0.316. The first-order chi connectivity index (χ1) is 12.0. The van der Waals surface area contributed by atoms with E-state index in [4.69, 9.17) is 15.2 Å². The van der Waals surface area contributed by atoms with Crippen molar-refractivity contribution in [2.75, 3.05) is 12.5 Å². The lowest BCUT2D eigenvalue weighted by molar-refractivity contribution is 0.0706. The molecule has 1 aromatic heterocycles. The highest BCUT2D eigenvalue weighted by atomic mass is 32.1. The summed E-state index contributed by atoms with van der Waals surface area (Å²) in [6.07, 6.45) is 2.17. The molecule has 2 aromatic rings. The molecule has 0 radical (unpaired) electrons. The van der Waals surface area contributed by atoms with Crippen LogP contribution in [0.3, 0.4) is 0 Å². The first-order valence-electron chi connectivity index (χ1n) is 8.23. The summed E-state index contributed by atoms with van der Waals surface area (Å²) in [5.74, 6) is 0.760. The normalized spacial score (nSPS) is 14.6. The average Bonchev–Trinajstić information content (AvgIpc) is 3.24. The first kappa shape index (κ1) is 17.4. The molecule has 3 N–H and O–H groups in total. The summed E-state index contributed by atoms with van der Waals surface area (Å²) < 4.78 is 10.7. The van der Waals surface area contributed by atoms with Crippen LogP contribution in [-0.2, 0) is 15.9 Å². The molecule has 1 aliphatic heterocycles. The van der Waals surface area contributed by atoms with E-state index in [1.807, 2.05) is 36.4 Å². The summed E-state index contributed by atoms with van der Waals surface area (Å²) in [6, 6.07) is 11.5. The highest BCUT2D eigenvalue weighted by Crippen LogP contribution is 2.30. The van der Waals surface area contributed by atoms with Crippen molar-refractivity contribution < 1.29 is 14.3 Å². The lowest BCUT2D eigenvalue weighted by Gasteiger charge is -2.18. The number of ether oxygens (including phenoxy) is 2. The maximum Gasteiger partial charge on any atom is 0.254 e. The second-order valence-electron chi connectivity index (χ2n) is 6.25. The fourth-order valence-corrected chi connectivity index (χ4v) is 3.56. The van der Waals surface area contributed by atoms with E-state index in [9.17, 15) is 4.79 Å². The number of hydrogen-bond acceptors (Lipinski definition) is 5. The largest absolute Gasteiger partial charge is 0.462 e. The van der Waals surface area contributed by atoms with Crippen LogP contribution in [0.1, 0.15) is 40.6 Å². The minimum atomic E-state index is -0.306. The molecule has 1 unspecified atom stereocenters. The smallest absolute Gasteiger partial charge is 0.254 e. The van der Waals surface area contributed by atoms with Crippen molar-refractivity contribution in [3.8, 4) is 0 Å². The van der Waals surface area contributed by atoms with Gasteiger partial charge in [-0.25, -0.2) is 0 Å². The first-order valence-corrected chi connectivity index (χ1v) is 9.04. The van der Waals surface area contributed by atoms with E-state index in [0.717, 1.165) is 10.4 Å². The minimum Gasteiger partial charge on any atom is -0.462 e. The average molecular weight is 358 g/mol. The number of benzene rings is 1. The molecule has 1 atom stereocenters. The van der Waals surface area contributed by atoms with E-state index in [0.29, 0.717) is 28.7 Å². The molecule has 0 spiro atoms. The molecule has 0 fully saturated rings. The van der Waals surface area contributed by atoms with Gasteiger partial charge in [0.05, 0.1) is 16.6 Å². The Balaban J connectivity index is 1.78. The predicted molar refractivity (Wildman–Crippen MR) is 99.3 cm³/mol. The number of nitrogen functional groups attached to an aromatic ring is 1. The van der Waals surface area contributed by atoms with Crippen LogP contribution in [-0.4, -0.2) is 18.7 Å². The van der Waals surface area contributed by atoms with E-state index in [1.165, 1.54) is 11.3 Å². The van der Waals surface area contributed by atoms with Crippen LogP contribution in [0.4, 0.5) is 5.00 Å². The summed E-state index contributed by atoms with van der Waals surface area (Å²) in [5.41, 5.74) is 7.67. The van der Waals surface area contributed by atoms with E-state index in [-0.39, 0.29) is 18.7 Å². The quantitative estimate of drug-likeness (QED) is 0.827. The number of nitrogens with two attached hydrogens (primary N) is 1. The summed E-state index contributed by atoms with van der Waals surface area (Å²) in [7, 11) is 0. The molecule has 0 saturated carbocycles. The van der Waals surface area contributed by atoms with Gasteiger partial charge in [-0.2, -0.15) is 0 Å². The van der Waals surface area contributed by atoms with Gasteiger partial charge in [-0.15, -0.1) is 11.3 Å². The van der Waals surface area contributed by atoms with Crippen molar-refractivity contribution in [3.05, 3.63) is 64.4 Å². The van der Waals surface area contributed by atoms with Crippen molar-refractivity contribution >= 4 is 22.2 Å². The third-order valence-electron chi connectivity index (χ3n) is 4.02. The van der Waals surface area contributed by atoms with Gasteiger partial charge in [0, 0.05) is 11.3 Å². The van der Waals surface area contributed by atoms with E-state index in [2.05, 4.69) is 19.2 Å². The number of carbonyl (C=O) groups is 1. The summed E-state index contributed by atoms with van der Waals surface area (Å²) in [4.78, 5) is 13.8. The van der Waals surface area contributed by atoms with E-state index < -0.39 is 0 Å². The monoisotopic (exact) mass is 358 g/mol. The van der Waals surface area contributed by atoms with Gasteiger partial charge < -0.3 is 20.5 Å². The van der Waals surface area contributed by atoms with E-state index in [1.54, 1.807) is 6.26 Å². The number of hydrogen-bond donors (Lipinski definition) is 2. The minimum absolute atomic E-state index is 0.175. The molecule has 2 heterocycles. The second kappa shape index (κ2) is 7.61. The summed E-state index contributed by atoms with van der Waals surface area (Å²) >= 11 is 1.46. The van der Waals surface area contributed by atoms with Crippen molar-refractivity contribution in [2.24, 2.45) is 0 Å². The standard InChI is InChI=1S/C19H22N2O3S/c1-12(2)17-9-14(18(20)25-17)19(22)21-15(16-10-23-11-24-16)8-13-6-4-3-5-7-13/h3-7,9-10,12,15H,8,11,20H2,1-2H3,(H,21,22). The van der Waals surface area contributed by atoms with Gasteiger partial charge in [0.1, 0.15) is 6.26 Å². The van der Waals surface area contributed by atoms with Gasteiger partial charge in [0.15, 0.2) is 5.76 Å². The molecule has 1 aliphatic rings. The van der Waals surface area contributed by atoms with Gasteiger partial charge in [-0.3, -0.25) is 4.79 Å². The summed E-state index contributed by atoms with van der Waals surface area (Å²) in [5, 5.41) is 3.57. The number of nitrogens with one attached hydrogen (secondary N) is 1. The SMILES string of the molecule is CC(C)c1cc(C(=O)NC(Cc2ccccc2)C2=COCO2)c(N)s1. The van der Waals surface area contributed by atoms with Crippen LogP contribution in [0.5, 0.6) is 0 Å². The lowest BCUT2D eigenvalue weighted by atomic mass is 10.0. The van der Waals surface area contributed by atoms with Crippen molar-refractivity contribution in [1.29, 1.82) is 0 Å². The molecule has 5 nitrogen and oxygen atoms in total. The Morgan fingerprint density at radius 2 is 2.08 bits per heavy atom. The van der Waals surface area contributed by atoms with E-state index >= 15 is 0 Å². The van der Waals surface area contributed by atoms with Gasteiger partial charge in [-0.05, 0) is 17.5 Å². The third kappa shape index (κ3) is 4.14. The lowest BCUT2D eigenvalue weighted by Crippen LogP contribution is -2.38. The van der Waals surface area contributed by atoms with Gasteiger partial charge >= 0.3 is 0 Å². The van der Waals surface area contributed by atoms with Crippen molar-refractivity contribution in [2.45, 2.75) is 32.2 Å². The topological polar surface area (TPSA) is 73.6 Å². The zero-order valence-corrected chi connectivity index (χ0v) is 15.1. The molecule has 3 rings (SSSR count). The van der Waals surface area contributed by atoms with Gasteiger partial charge in [0.25, 0.3) is 5.91 Å². The molecule has 132 valence electrons. The third-order valence-corrected chi connectivity index (χ3v) is 5.28. The highest BCUT2D eigenvalue weighted by Gasteiger charge is 2.25. The predicted octanol–water partition coefficient (Wildman–Crippen LogP) is 3.64. The molecule has 6 heteroatoms. The molecular formula is C19H22N2O3S. The highest BCUT2D eigenvalue weighted by molar-refractivity contribution is 7.16. The second-order valence-corrected chi connectivity index (χ2v) is 7.36. The number of rotatable bonds is 6. The fourth-order valence-electron chi connectivity index (χ4n) is 2.63. The van der Waals surface area contributed by atoms with Crippen LogP contribution in [0.2, 0.25) is 0 Å². The zero-order chi connectivity index (χ0) is 17.8. The molecule has 25 heavy (non-hydrogen) atoms. The Kier molecular flexibility index (Phi) is 5.28. The van der Waals surface area contributed by atoms with Gasteiger partial charge in [0.2, 0.25) is 6.79 Å². The Morgan fingerprint density at radius 3 is 2.68 bits per heavy atom. The Bertz CT molecular complexity index is 768. The maximum absolute atomic E-state index is 12.8. The molecule has 1 aromatic carbocycles. The Hall–Kier alpha value is -2.47. The molecular weight excluding hydrogens is 336 g/mol. The number of thiophene rings is 1. The van der Waals surface area contributed by atoms with Crippen LogP contribution in [0, 0.1) is 0 Å². The van der Waals surface area contributed by atoms with Crippen LogP contribution < -0.4 is 11.1 Å². The van der Waals surface area contributed by atoms with Crippen LogP contribution in [0.15, 0.2) is 48.4 Å². The Labute approximate surface area is 151 Å². The maximum atomic E-state index is 12.8. The number of amides is 1. The van der Waals surface area contributed by atoms with Gasteiger partial charge in [-0.1, -0.05) is 44.2 Å². The number of anilines is 1. The van der Waals surface area contributed by atoms with Crippen molar-refractivity contribution in [1.82, 2.24) is 5.32 Å². The van der Waals surface area contributed by atoms with Crippen molar-refractivity contribution in [3.63, 3.8) is 0 Å². The summed E-state index contributed by atoms with van der Waals surface area (Å²) in [6.45, 7) is 4.34. The molecule has 0 bridgehead atoms. The van der Waals surface area contributed by atoms with Crippen LogP contribution >= 0.6 is 11.3 Å².